The molecule has 0 saturated heterocycles. The second-order valence-electron chi connectivity index (χ2n) is 4.42. The van der Waals surface area contributed by atoms with Crippen molar-refractivity contribution in [1.82, 2.24) is 4.98 Å². The smallest absolute Gasteiger partial charge is 0.341 e. The Morgan fingerprint density at radius 3 is 2.67 bits per heavy atom. The largest absolute Gasteiger partial charge is 0.462 e. The minimum Gasteiger partial charge on any atom is -0.462 e. The number of anilines is 1. The van der Waals surface area contributed by atoms with Crippen LogP contribution in [0.15, 0.2) is 10.5 Å². The van der Waals surface area contributed by atoms with E-state index in [4.69, 9.17) is 9.15 Å². The van der Waals surface area contributed by atoms with Crippen LogP contribution in [0.3, 0.4) is 0 Å². The Balaban J connectivity index is 2.25. The van der Waals surface area contributed by atoms with Crippen molar-refractivity contribution in [3.8, 4) is 0 Å². The monoisotopic (exact) mass is 308 g/mol. The quantitative estimate of drug-likeness (QED) is 0.878. The second kappa shape index (κ2) is 6.09. The van der Waals surface area contributed by atoms with Crippen molar-refractivity contribution in [2.75, 3.05) is 11.9 Å². The standard InChI is InChI=1S/C14H16N2O4S/c1-5-19-14(18)10-6-7(2)21-13(10)16-12(17)11-8(3)15-9(4)20-11/h6H,5H2,1-4H3,(H,16,17). The topological polar surface area (TPSA) is 81.4 Å². The van der Waals surface area contributed by atoms with Crippen molar-refractivity contribution in [1.29, 1.82) is 0 Å². The first-order chi connectivity index (χ1) is 9.92. The van der Waals surface area contributed by atoms with Crippen molar-refractivity contribution >= 4 is 28.2 Å². The van der Waals surface area contributed by atoms with Crippen LogP contribution < -0.4 is 5.32 Å². The van der Waals surface area contributed by atoms with Gasteiger partial charge in [-0.05, 0) is 26.8 Å². The minimum atomic E-state index is -0.456. The zero-order valence-corrected chi connectivity index (χ0v) is 13.1. The molecule has 6 nitrogen and oxygen atoms in total. The molecule has 0 atom stereocenters. The maximum atomic E-state index is 12.2. The number of nitrogens with one attached hydrogen (secondary N) is 1. The van der Waals surface area contributed by atoms with Crippen molar-refractivity contribution in [3.63, 3.8) is 0 Å². The molecular formula is C14H16N2O4S. The van der Waals surface area contributed by atoms with Crippen LogP contribution in [-0.2, 0) is 4.74 Å². The van der Waals surface area contributed by atoms with Crippen LogP contribution in [0.2, 0.25) is 0 Å². The summed E-state index contributed by atoms with van der Waals surface area (Å²) in [5.74, 6) is -0.317. The van der Waals surface area contributed by atoms with E-state index in [0.717, 1.165) is 4.88 Å². The maximum Gasteiger partial charge on any atom is 0.341 e. The summed E-state index contributed by atoms with van der Waals surface area (Å²) in [7, 11) is 0. The summed E-state index contributed by atoms with van der Waals surface area (Å²) in [5.41, 5.74) is 0.859. The Bertz CT molecular complexity index is 687. The fourth-order valence-electron chi connectivity index (χ4n) is 1.87. The molecule has 1 N–H and O–H groups in total. The SMILES string of the molecule is CCOC(=O)c1cc(C)sc1NC(=O)c1oc(C)nc1C. The van der Waals surface area contributed by atoms with Gasteiger partial charge >= 0.3 is 5.97 Å². The summed E-state index contributed by atoms with van der Waals surface area (Å²) in [6, 6.07) is 1.69. The van der Waals surface area contributed by atoms with Gasteiger partial charge in [0.2, 0.25) is 5.76 Å². The molecule has 21 heavy (non-hydrogen) atoms. The molecule has 0 saturated carbocycles. The molecule has 0 radical (unpaired) electrons. The highest BCUT2D eigenvalue weighted by atomic mass is 32.1. The van der Waals surface area contributed by atoms with Gasteiger partial charge in [-0.25, -0.2) is 9.78 Å². The van der Waals surface area contributed by atoms with Crippen LogP contribution in [0.1, 0.15) is 44.3 Å². The Morgan fingerprint density at radius 1 is 1.38 bits per heavy atom. The van der Waals surface area contributed by atoms with Gasteiger partial charge in [-0.3, -0.25) is 4.79 Å². The highest BCUT2D eigenvalue weighted by Gasteiger charge is 2.21. The predicted molar refractivity (Wildman–Crippen MR) is 78.9 cm³/mol. The van der Waals surface area contributed by atoms with Gasteiger partial charge in [-0.15, -0.1) is 11.3 Å². The van der Waals surface area contributed by atoms with E-state index in [0.29, 0.717) is 22.1 Å². The third-order valence-electron chi connectivity index (χ3n) is 2.69. The Labute approximate surface area is 126 Å². The fraction of sp³-hybridized carbons (Fsp3) is 0.357. The number of thiophene rings is 1. The van der Waals surface area contributed by atoms with E-state index >= 15 is 0 Å². The van der Waals surface area contributed by atoms with E-state index in [1.54, 1.807) is 26.8 Å². The molecule has 112 valence electrons. The van der Waals surface area contributed by atoms with Crippen LogP contribution in [0.25, 0.3) is 0 Å². The lowest BCUT2D eigenvalue weighted by Crippen LogP contribution is -2.14. The molecule has 0 bridgehead atoms. The summed E-state index contributed by atoms with van der Waals surface area (Å²) < 4.78 is 10.2. The molecule has 0 aliphatic heterocycles. The Morgan fingerprint density at radius 2 is 2.10 bits per heavy atom. The number of amides is 1. The molecule has 2 rings (SSSR count). The van der Waals surface area contributed by atoms with E-state index in [9.17, 15) is 9.59 Å². The molecular weight excluding hydrogens is 292 g/mol. The average molecular weight is 308 g/mol. The maximum absolute atomic E-state index is 12.2. The number of oxazole rings is 1. The average Bonchev–Trinajstić information content (AvgIpc) is 2.92. The van der Waals surface area contributed by atoms with Crippen molar-refractivity contribution in [2.45, 2.75) is 27.7 Å². The molecule has 0 unspecified atom stereocenters. The first-order valence-electron chi connectivity index (χ1n) is 6.45. The molecule has 2 heterocycles. The Hall–Kier alpha value is -2.15. The van der Waals surface area contributed by atoms with E-state index in [1.807, 2.05) is 6.92 Å². The van der Waals surface area contributed by atoms with E-state index in [1.165, 1.54) is 11.3 Å². The molecule has 0 aromatic carbocycles. The lowest BCUT2D eigenvalue weighted by molar-refractivity contribution is 0.0528. The zero-order valence-electron chi connectivity index (χ0n) is 12.3. The van der Waals surface area contributed by atoms with Gasteiger partial charge in [0.1, 0.15) is 5.00 Å². The van der Waals surface area contributed by atoms with Gasteiger partial charge in [0.15, 0.2) is 5.89 Å². The molecule has 2 aromatic heterocycles. The minimum absolute atomic E-state index is 0.147. The number of esters is 1. The summed E-state index contributed by atoms with van der Waals surface area (Å²) >= 11 is 1.31. The number of nitrogens with zero attached hydrogens (tertiary/aromatic N) is 1. The van der Waals surface area contributed by atoms with Crippen molar-refractivity contribution in [2.24, 2.45) is 0 Å². The van der Waals surface area contributed by atoms with Crippen LogP contribution in [-0.4, -0.2) is 23.5 Å². The van der Waals surface area contributed by atoms with Gasteiger partial charge in [0, 0.05) is 11.8 Å². The van der Waals surface area contributed by atoms with Crippen LogP contribution >= 0.6 is 11.3 Å². The van der Waals surface area contributed by atoms with E-state index < -0.39 is 11.9 Å². The van der Waals surface area contributed by atoms with Crippen LogP contribution in [0.5, 0.6) is 0 Å². The number of carbonyl (C=O) groups is 2. The second-order valence-corrected chi connectivity index (χ2v) is 5.68. The summed E-state index contributed by atoms with van der Waals surface area (Å²) in [6.45, 7) is 7.23. The molecule has 0 aliphatic carbocycles. The van der Waals surface area contributed by atoms with Gasteiger partial charge in [-0.2, -0.15) is 0 Å². The summed E-state index contributed by atoms with van der Waals surface area (Å²) in [5, 5.41) is 3.13. The normalized spacial score (nSPS) is 10.5. The third-order valence-corrected chi connectivity index (χ3v) is 3.65. The fourth-order valence-corrected chi connectivity index (χ4v) is 2.76. The highest BCUT2D eigenvalue weighted by Crippen LogP contribution is 2.29. The molecule has 0 aliphatic rings. The van der Waals surface area contributed by atoms with Gasteiger partial charge < -0.3 is 14.5 Å². The van der Waals surface area contributed by atoms with Gasteiger partial charge in [0.05, 0.1) is 17.9 Å². The number of rotatable bonds is 4. The highest BCUT2D eigenvalue weighted by molar-refractivity contribution is 7.16. The first kappa shape index (κ1) is 15.2. The molecule has 2 aromatic rings. The van der Waals surface area contributed by atoms with Crippen LogP contribution in [0, 0.1) is 20.8 Å². The number of aryl methyl sites for hydroxylation is 3. The number of aromatic nitrogens is 1. The summed E-state index contributed by atoms with van der Waals surface area (Å²) in [6.07, 6.45) is 0. The zero-order chi connectivity index (χ0) is 15.6. The van der Waals surface area contributed by atoms with Gasteiger partial charge in [0.25, 0.3) is 5.91 Å². The summed E-state index contributed by atoms with van der Waals surface area (Å²) in [4.78, 5) is 29.0. The molecule has 1 amide bonds. The van der Waals surface area contributed by atoms with E-state index in [-0.39, 0.29) is 12.4 Å². The first-order valence-corrected chi connectivity index (χ1v) is 7.27. The molecule has 0 fully saturated rings. The molecule has 7 heteroatoms. The van der Waals surface area contributed by atoms with E-state index in [2.05, 4.69) is 10.3 Å². The van der Waals surface area contributed by atoms with Crippen molar-refractivity contribution < 1.29 is 18.7 Å². The van der Waals surface area contributed by atoms with Crippen molar-refractivity contribution in [3.05, 3.63) is 33.9 Å². The lowest BCUT2D eigenvalue weighted by Gasteiger charge is -2.04. The molecule has 0 spiro atoms. The van der Waals surface area contributed by atoms with Crippen LogP contribution in [0.4, 0.5) is 5.00 Å². The lowest BCUT2D eigenvalue weighted by atomic mass is 10.3. The number of carbonyl (C=O) groups excluding carboxylic acids is 2. The number of hydrogen-bond donors (Lipinski definition) is 1. The Kier molecular flexibility index (Phi) is 4.42. The number of ether oxygens (including phenoxy) is 1. The predicted octanol–water partition coefficient (Wildman–Crippen LogP) is 3.09. The number of hydrogen-bond acceptors (Lipinski definition) is 6. The van der Waals surface area contributed by atoms with Gasteiger partial charge in [-0.1, -0.05) is 0 Å². The third kappa shape index (κ3) is 3.30.